The van der Waals surface area contributed by atoms with Crippen LogP contribution in [0.4, 0.5) is 17.2 Å². The van der Waals surface area contributed by atoms with Crippen LogP contribution in [0.1, 0.15) is 12.0 Å². The van der Waals surface area contributed by atoms with Gasteiger partial charge in [-0.1, -0.05) is 17.7 Å². The minimum absolute atomic E-state index is 0.421. The number of hydrogen-bond donors (Lipinski definition) is 2. The fourth-order valence-electron chi connectivity index (χ4n) is 4.08. The van der Waals surface area contributed by atoms with Gasteiger partial charge in [0, 0.05) is 48.5 Å². The first-order valence-electron chi connectivity index (χ1n) is 11.6. The highest BCUT2D eigenvalue weighted by Crippen LogP contribution is 2.42. The first kappa shape index (κ1) is 23.5. The van der Waals surface area contributed by atoms with Crippen LogP contribution in [0.15, 0.2) is 42.7 Å². The first-order valence-corrected chi connectivity index (χ1v) is 12.0. The van der Waals surface area contributed by atoms with E-state index >= 15 is 0 Å². The van der Waals surface area contributed by atoms with Gasteiger partial charge in [0.1, 0.15) is 17.8 Å². The summed E-state index contributed by atoms with van der Waals surface area (Å²) in [6.45, 7) is 5.64. The van der Waals surface area contributed by atoms with Gasteiger partial charge in [-0.3, -0.25) is 4.90 Å². The first-order chi connectivity index (χ1) is 17.2. The highest BCUT2D eigenvalue weighted by atomic mass is 35.5. The molecule has 1 saturated heterocycles. The third-order valence-corrected chi connectivity index (χ3v) is 6.12. The lowest BCUT2D eigenvalue weighted by atomic mass is 10.1. The summed E-state index contributed by atoms with van der Waals surface area (Å²) < 4.78 is 23.3. The van der Waals surface area contributed by atoms with E-state index in [1.54, 1.807) is 7.11 Å². The molecule has 184 valence electrons. The van der Waals surface area contributed by atoms with Crippen LogP contribution in [0.25, 0.3) is 0 Å². The molecule has 9 nitrogen and oxygen atoms in total. The van der Waals surface area contributed by atoms with Crippen molar-refractivity contribution >= 4 is 28.8 Å². The van der Waals surface area contributed by atoms with Crippen molar-refractivity contribution in [1.29, 1.82) is 0 Å². The van der Waals surface area contributed by atoms with Gasteiger partial charge >= 0.3 is 0 Å². The number of benzene rings is 2. The normalized spacial score (nSPS) is 15.1. The highest BCUT2D eigenvalue weighted by molar-refractivity contribution is 6.30. The van der Waals surface area contributed by atoms with Gasteiger partial charge in [0.2, 0.25) is 5.88 Å². The number of nitrogens with one attached hydrogen (secondary N) is 2. The second-order valence-corrected chi connectivity index (χ2v) is 8.70. The summed E-state index contributed by atoms with van der Waals surface area (Å²) in [5.74, 6) is 2.97. The van der Waals surface area contributed by atoms with Crippen LogP contribution < -0.4 is 24.8 Å². The molecule has 3 aromatic rings. The molecule has 35 heavy (non-hydrogen) atoms. The van der Waals surface area contributed by atoms with Crippen LogP contribution in [0.5, 0.6) is 23.1 Å². The Bertz CT molecular complexity index is 1170. The quantitative estimate of drug-likeness (QED) is 0.430. The maximum atomic E-state index is 6.17. The van der Waals surface area contributed by atoms with E-state index in [9.17, 15) is 0 Å². The van der Waals surface area contributed by atoms with Crippen LogP contribution in [0.2, 0.25) is 5.02 Å². The topological polar surface area (TPSA) is 90.0 Å². The van der Waals surface area contributed by atoms with E-state index in [1.165, 1.54) is 6.33 Å². The Balaban J connectivity index is 1.29. The molecule has 2 N–H and O–H groups in total. The van der Waals surface area contributed by atoms with Crippen molar-refractivity contribution in [2.45, 2.75) is 13.0 Å². The monoisotopic (exact) mass is 497 g/mol. The Morgan fingerprint density at radius 2 is 2.03 bits per heavy atom. The van der Waals surface area contributed by atoms with E-state index in [0.717, 1.165) is 50.5 Å². The number of hydrogen-bond acceptors (Lipinski definition) is 9. The van der Waals surface area contributed by atoms with Crippen molar-refractivity contribution in [2.24, 2.45) is 0 Å². The van der Waals surface area contributed by atoms with Crippen molar-refractivity contribution in [3.8, 4) is 23.1 Å². The van der Waals surface area contributed by atoms with Crippen molar-refractivity contribution in [3.63, 3.8) is 0 Å². The molecule has 5 rings (SSSR count). The van der Waals surface area contributed by atoms with Gasteiger partial charge in [-0.05, 0) is 30.7 Å². The fraction of sp³-hybridized carbons (Fsp3) is 0.360. The predicted octanol–water partition coefficient (Wildman–Crippen LogP) is 4.70. The number of halogens is 1. The molecule has 3 heterocycles. The highest BCUT2D eigenvalue weighted by Gasteiger charge is 2.22. The molecule has 0 atom stereocenters. The Hall–Kier alpha value is -3.27. The van der Waals surface area contributed by atoms with E-state index in [0.29, 0.717) is 52.8 Å². The Kier molecular flexibility index (Phi) is 7.37. The smallest absolute Gasteiger partial charge is 0.248 e. The van der Waals surface area contributed by atoms with Gasteiger partial charge in [-0.2, -0.15) is 4.98 Å². The van der Waals surface area contributed by atoms with Gasteiger partial charge in [0.05, 0.1) is 26.9 Å². The molecule has 2 aliphatic heterocycles. The van der Waals surface area contributed by atoms with E-state index in [-0.39, 0.29) is 0 Å². The molecule has 1 aromatic heterocycles. The number of nitrogens with zero attached hydrogens (tertiary/aromatic N) is 3. The van der Waals surface area contributed by atoms with Crippen molar-refractivity contribution in [1.82, 2.24) is 14.9 Å². The number of fused-ring (bicyclic) bond motifs is 2. The fourth-order valence-corrected chi connectivity index (χ4v) is 4.27. The standard InChI is InChI=1S/C25H28ClN5O4/c1-32-21-14-20-17(12-22(21)34-9-3-6-31-7-10-33-11-8-31)15-27-23-24(28-16-29-25(23)35-20)30-19-5-2-4-18(26)13-19/h2,4-5,12-14,16,27H,3,6-11,15H2,1H3,(H,28,29,30). The van der Waals surface area contributed by atoms with Crippen molar-refractivity contribution < 1.29 is 18.9 Å². The number of methoxy groups -OCH3 is 1. The molecule has 2 aromatic carbocycles. The SMILES string of the molecule is COc1cc2c(cc1OCCCN1CCOCC1)CNc1c(Nc3cccc(Cl)c3)ncnc1O2. The summed E-state index contributed by atoms with van der Waals surface area (Å²) in [4.78, 5) is 11.1. The van der Waals surface area contributed by atoms with Crippen LogP contribution >= 0.6 is 11.6 Å². The Morgan fingerprint density at radius 1 is 1.14 bits per heavy atom. The number of ether oxygens (including phenoxy) is 4. The number of anilines is 3. The molecule has 10 heteroatoms. The van der Waals surface area contributed by atoms with Gasteiger partial charge in [0.25, 0.3) is 0 Å². The molecule has 0 spiro atoms. The van der Waals surface area contributed by atoms with Crippen LogP contribution in [-0.4, -0.2) is 61.4 Å². The van der Waals surface area contributed by atoms with Gasteiger partial charge in [-0.25, -0.2) is 4.98 Å². The van der Waals surface area contributed by atoms with Crippen LogP contribution in [0, 0.1) is 0 Å². The summed E-state index contributed by atoms with van der Waals surface area (Å²) in [7, 11) is 1.63. The second-order valence-electron chi connectivity index (χ2n) is 8.26. The zero-order chi connectivity index (χ0) is 24.0. The van der Waals surface area contributed by atoms with E-state index in [1.807, 2.05) is 36.4 Å². The Morgan fingerprint density at radius 3 is 2.86 bits per heavy atom. The van der Waals surface area contributed by atoms with Gasteiger partial charge in [0.15, 0.2) is 17.3 Å². The molecule has 2 aliphatic rings. The molecule has 0 aliphatic carbocycles. The summed E-state index contributed by atoms with van der Waals surface area (Å²) in [6.07, 6.45) is 2.39. The lowest BCUT2D eigenvalue weighted by Gasteiger charge is -2.26. The zero-order valence-corrected chi connectivity index (χ0v) is 20.3. The van der Waals surface area contributed by atoms with Crippen LogP contribution in [0.3, 0.4) is 0 Å². The summed E-state index contributed by atoms with van der Waals surface area (Å²) in [5, 5.41) is 7.32. The predicted molar refractivity (Wildman–Crippen MR) is 135 cm³/mol. The lowest BCUT2D eigenvalue weighted by Crippen LogP contribution is -2.37. The van der Waals surface area contributed by atoms with Gasteiger partial charge in [-0.15, -0.1) is 0 Å². The van der Waals surface area contributed by atoms with Crippen molar-refractivity contribution in [3.05, 3.63) is 53.3 Å². The molecule has 0 saturated carbocycles. The second kappa shape index (κ2) is 11.0. The third-order valence-electron chi connectivity index (χ3n) is 5.89. The summed E-state index contributed by atoms with van der Waals surface area (Å²) in [6, 6.07) is 11.2. The summed E-state index contributed by atoms with van der Waals surface area (Å²) in [5.41, 5.74) is 2.41. The summed E-state index contributed by atoms with van der Waals surface area (Å²) >= 11 is 6.13. The zero-order valence-electron chi connectivity index (χ0n) is 19.6. The molecule has 0 unspecified atom stereocenters. The Labute approximate surface area is 209 Å². The maximum Gasteiger partial charge on any atom is 0.248 e. The molecular formula is C25H28ClN5O4. The molecule has 0 bridgehead atoms. The van der Waals surface area contributed by atoms with E-state index < -0.39 is 0 Å². The third kappa shape index (κ3) is 5.70. The lowest BCUT2D eigenvalue weighted by molar-refractivity contribution is 0.0357. The molecule has 0 radical (unpaired) electrons. The van der Waals surface area contributed by atoms with Crippen LogP contribution in [-0.2, 0) is 11.3 Å². The maximum absolute atomic E-state index is 6.17. The van der Waals surface area contributed by atoms with E-state index in [4.69, 9.17) is 30.5 Å². The number of morpholine rings is 1. The average molecular weight is 498 g/mol. The molecule has 0 amide bonds. The number of rotatable bonds is 8. The largest absolute Gasteiger partial charge is 0.493 e. The van der Waals surface area contributed by atoms with Gasteiger partial charge < -0.3 is 29.6 Å². The van der Waals surface area contributed by atoms with Crippen molar-refractivity contribution in [2.75, 3.05) is 57.2 Å². The molecular weight excluding hydrogens is 470 g/mol. The van der Waals surface area contributed by atoms with E-state index in [2.05, 4.69) is 25.5 Å². The number of aromatic nitrogens is 2. The molecule has 1 fully saturated rings. The minimum Gasteiger partial charge on any atom is -0.493 e. The average Bonchev–Trinajstić information content (AvgIpc) is 3.06. The minimum atomic E-state index is 0.421.